The van der Waals surface area contributed by atoms with Crippen LogP contribution in [-0.2, 0) is 19.4 Å². The minimum atomic E-state index is 0.719. The van der Waals surface area contributed by atoms with Gasteiger partial charge in [-0.3, -0.25) is 4.98 Å². The van der Waals surface area contributed by atoms with Gasteiger partial charge in [0.1, 0.15) is 10.8 Å². The van der Waals surface area contributed by atoms with E-state index >= 15 is 0 Å². The third kappa shape index (κ3) is 2.41. The monoisotopic (exact) mass is 363 g/mol. The van der Waals surface area contributed by atoms with E-state index < -0.39 is 0 Å². The summed E-state index contributed by atoms with van der Waals surface area (Å²) in [6.07, 6.45) is 6.48. The smallest absolute Gasteiger partial charge is 0.133 e. The largest absolute Gasteiger partial charge is 0.311 e. The Hall–Kier alpha value is -2.11. The lowest BCUT2D eigenvalue weighted by molar-refractivity contribution is 0.665. The Bertz CT molecular complexity index is 949. The van der Waals surface area contributed by atoms with Crippen LogP contribution in [0.5, 0.6) is 0 Å². The number of thiocarbonyl (C=S) groups is 1. The number of rotatable bonds is 2. The second-order valence-electron chi connectivity index (χ2n) is 6.50. The van der Waals surface area contributed by atoms with Gasteiger partial charge in [-0.15, -0.1) is 11.3 Å². The van der Waals surface area contributed by atoms with Crippen molar-refractivity contribution in [3.8, 4) is 10.4 Å². The minimum absolute atomic E-state index is 0.719. The molecular weight excluding hydrogens is 346 g/mol. The molecule has 4 heterocycles. The van der Waals surface area contributed by atoms with Crippen LogP contribution in [0.3, 0.4) is 0 Å². The first-order valence-electron chi connectivity index (χ1n) is 8.64. The minimum Gasteiger partial charge on any atom is -0.311 e. The first-order chi connectivity index (χ1) is 12.3. The molecule has 5 rings (SSSR count). The second-order valence-corrected chi connectivity index (χ2v) is 7.83. The van der Waals surface area contributed by atoms with Crippen LogP contribution in [0, 0.1) is 0 Å². The van der Waals surface area contributed by atoms with Crippen LogP contribution in [-0.4, -0.2) is 15.0 Å². The Balaban J connectivity index is 1.71. The highest BCUT2D eigenvalue weighted by Crippen LogP contribution is 2.41. The number of anilines is 1. The van der Waals surface area contributed by atoms with Gasteiger partial charge >= 0.3 is 0 Å². The van der Waals surface area contributed by atoms with E-state index in [0.29, 0.717) is 0 Å². The first kappa shape index (κ1) is 15.2. The van der Waals surface area contributed by atoms with Gasteiger partial charge in [0, 0.05) is 27.9 Å². The van der Waals surface area contributed by atoms with Gasteiger partial charge in [0.25, 0.3) is 0 Å². The molecule has 124 valence electrons. The number of thiophene rings is 1. The van der Waals surface area contributed by atoms with Gasteiger partial charge in [-0.2, -0.15) is 0 Å². The van der Waals surface area contributed by atoms with Crippen molar-refractivity contribution >= 4 is 34.4 Å². The van der Waals surface area contributed by atoms with Gasteiger partial charge in [-0.25, -0.2) is 4.98 Å². The zero-order chi connectivity index (χ0) is 16.8. The molecule has 3 nitrogen and oxygen atoms in total. The van der Waals surface area contributed by atoms with E-state index in [2.05, 4.69) is 27.4 Å². The maximum Gasteiger partial charge on any atom is 0.133 e. The van der Waals surface area contributed by atoms with Crippen molar-refractivity contribution in [2.24, 2.45) is 0 Å². The molecule has 0 atom stereocenters. The number of hydrogen-bond donors (Lipinski definition) is 0. The molecule has 1 aliphatic heterocycles. The fraction of sp³-hybridized carbons (Fsp3) is 0.250. The molecule has 1 aliphatic carbocycles. The molecule has 0 aromatic carbocycles. The summed E-state index contributed by atoms with van der Waals surface area (Å²) in [6.45, 7) is 0.719. The van der Waals surface area contributed by atoms with Crippen molar-refractivity contribution in [1.82, 2.24) is 9.97 Å². The molecule has 3 aromatic rings. The standard InChI is InChI=1S/C20H17N3S2/c24-20-19-15(12-23(20)17-9-3-4-10-21-17)22-14-7-2-1-6-13(14)18(19)16-8-5-11-25-16/h3-5,8-11H,1-2,6-7,12H2. The number of fused-ring (bicyclic) bond motifs is 2. The highest BCUT2D eigenvalue weighted by atomic mass is 32.1. The summed E-state index contributed by atoms with van der Waals surface area (Å²) in [4.78, 5) is 13.8. The lowest BCUT2D eigenvalue weighted by Gasteiger charge is -2.21. The zero-order valence-corrected chi connectivity index (χ0v) is 15.4. The molecule has 25 heavy (non-hydrogen) atoms. The van der Waals surface area contributed by atoms with E-state index in [1.807, 2.05) is 24.4 Å². The second kappa shape index (κ2) is 6.00. The van der Waals surface area contributed by atoms with Crippen LogP contribution in [0.2, 0.25) is 0 Å². The predicted molar refractivity (Wildman–Crippen MR) is 106 cm³/mol. The van der Waals surface area contributed by atoms with Crippen LogP contribution in [0.15, 0.2) is 41.9 Å². The Morgan fingerprint density at radius 1 is 1.00 bits per heavy atom. The number of aromatic nitrogens is 2. The van der Waals surface area contributed by atoms with E-state index in [1.54, 1.807) is 11.3 Å². The molecule has 5 heteroatoms. The average molecular weight is 364 g/mol. The van der Waals surface area contributed by atoms with Crippen molar-refractivity contribution in [3.05, 3.63) is 64.4 Å². The van der Waals surface area contributed by atoms with Crippen LogP contribution in [0.1, 0.15) is 35.4 Å². The number of pyridine rings is 2. The number of aryl methyl sites for hydroxylation is 1. The van der Waals surface area contributed by atoms with Gasteiger partial charge in [-0.1, -0.05) is 24.4 Å². The summed E-state index contributed by atoms with van der Waals surface area (Å²) >= 11 is 7.69. The van der Waals surface area contributed by atoms with Crippen LogP contribution in [0.25, 0.3) is 10.4 Å². The molecule has 0 amide bonds. The van der Waals surface area contributed by atoms with Gasteiger partial charge < -0.3 is 4.90 Å². The molecule has 0 fully saturated rings. The molecule has 0 bridgehead atoms. The van der Waals surface area contributed by atoms with Gasteiger partial charge in [0.05, 0.1) is 12.2 Å². The van der Waals surface area contributed by atoms with E-state index in [0.717, 1.165) is 41.5 Å². The SMILES string of the molecule is S=C1c2c(nc3c(c2-c2cccs2)CCCC3)CN1c1ccccn1. The molecule has 0 saturated carbocycles. The summed E-state index contributed by atoms with van der Waals surface area (Å²) in [5.41, 5.74) is 6.29. The summed E-state index contributed by atoms with van der Waals surface area (Å²) in [6, 6.07) is 10.3. The molecule has 3 aromatic heterocycles. The van der Waals surface area contributed by atoms with Crippen molar-refractivity contribution in [1.29, 1.82) is 0 Å². The Labute approximate surface area is 156 Å². The van der Waals surface area contributed by atoms with Crippen LogP contribution >= 0.6 is 23.6 Å². The third-order valence-electron chi connectivity index (χ3n) is 5.01. The van der Waals surface area contributed by atoms with Crippen molar-refractivity contribution in [3.63, 3.8) is 0 Å². The maximum atomic E-state index is 5.89. The van der Waals surface area contributed by atoms with Gasteiger partial charge in [0.15, 0.2) is 0 Å². The zero-order valence-electron chi connectivity index (χ0n) is 13.7. The van der Waals surface area contributed by atoms with Crippen molar-refractivity contribution in [2.75, 3.05) is 4.90 Å². The maximum absolute atomic E-state index is 5.89. The van der Waals surface area contributed by atoms with E-state index in [1.165, 1.54) is 34.5 Å². The lowest BCUT2D eigenvalue weighted by atomic mass is 9.88. The van der Waals surface area contributed by atoms with Gasteiger partial charge in [0.2, 0.25) is 0 Å². The molecule has 0 N–H and O–H groups in total. The van der Waals surface area contributed by atoms with Gasteiger partial charge in [-0.05, 0) is 54.8 Å². The highest BCUT2D eigenvalue weighted by Gasteiger charge is 2.33. The summed E-state index contributed by atoms with van der Waals surface area (Å²) < 4.78 is 0. The average Bonchev–Trinajstić information content (AvgIpc) is 3.29. The van der Waals surface area contributed by atoms with E-state index in [9.17, 15) is 0 Å². The number of hydrogen-bond acceptors (Lipinski definition) is 4. The summed E-state index contributed by atoms with van der Waals surface area (Å²) in [5, 5.41) is 2.14. The Morgan fingerprint density at radius 2 is 1.92 bits per heavy atom. The van der Waals surface area contributed by atoms with E-state index in [-0.39, 0.29) is 0 Å². The normalized spacial score (nSPS) is 16.0. The molecular formula is C20H17N3S2. The van der Waals surface area contributed by atoms with Crippen molar-refractivity contribution in [2.45, 2.75) is 32.2 Å². The topological polar surface area (TPSA) is 29.0 Å². The van der Waals surface area contributed by atoms with Crippen molar-refractivity contribution < 1.29 is 0 Å². The molecule has 2 aliphatic rings. The molecule has 0 radical (unpaired) electrons. The van der Waals surface area contributed by atoms with Crippen LogP contribution < -0.4 is 4.90 Å². The highest BCUT2D eigenvalue weighted by molar-refractivity contribution is 7.81. The third-order valence-corrected chi connectivity index (χ3v) is 6.32. The fourth-order valence-electron chi connectivity index (χ4n) is 3.89. The van der Waals surface area contributed by atoms with E-state index in [4.69, 9.17) is 17.2 Å². The lowest BCUT2D eigenvalue weighted by Crippen LogP contribution is -2.23. The Kier molecular flexibility index (Phi) is 3.64. The number of nitrogens with zero attached hydrogens (tertiary/aromatic N) is 3. The predicted octanol–water partition coefficient (Wildman–Crippen LogP) is 4.78. The summed E-state index contributed by atoms with van der Waals surface area (Å²) in [5.74, 6) is 0.903. The summed E-state index contributed by atoms with van der Waals surface area (Å²) in [7, 11) is 0. The first-order valence-corrected chi connectivity index (χ1v) is 9.93. The Morgan fingerprint density at radius 3 is 2.72 bits per heavy atom. The molecule has 0 unspecified atom stereocenters. The fourth-order valence-corrected chi connectivity index (χ4v) is 5.07. The molecule has 0 saturated heterocycles. The molecule has 0 spiro atoms. The van der Waals surface area contributed by atoms with Crippen LogP contribution in [0.4, 0.5) is 5.82 Å². The quantitative estimate of drug-likeness (QED) is 0.613.